The summed E-state index contributed by atoms with van der Waals surface area (Å²) >= 11 is 5.93. The zero-order chi connectivity index (χ0) is 18.2. The summed E-state index contributed by atoms with van der Waals surface area (Å²) in [6.45, 7) is 0. The van der Waals surface area contributed by atoms with Gasteiger partial charge in [-0.1, -0.05) is 48.0 Å². The minimum atomic E-state index is -4.32. The minimum Gasteiger partial charge on any atom is -0.870 e. The van der Waals surface area contributed by atoms with Gasteiger partial charge in [-0.05, 0) is 6.07 Å². The van der Waals surface area contributed by atoms with Crippen LogP contribution in [0.1, 0.15) is 20.7 Å². The fourth-order valence-corrected chi connectivity index (χ4v) is 3.93. The summed E-state index contributed by atoms with van der Waals surface area (Å²) in [6, 6.07) is 11.3. The quantitative estimate of drug-likeness (QED) is 0.785. The summed E-state index contributed by atoms with van der Waals surface area (Å²) in [5.74, 6) is -1.39. The molecular formula is C16H11ClN2O6S. The second-order valence-corrected chi connectivity index (χ2v) is 7.13. The van der Waals surface area contributed by atoms with Gasteiger partial charge in [0.25, 0.3) is 15.7 Å². The Morgan fingerprint density at radius 1 is 0.885 bits per heavy atom. The van der Waals surface area contributed by atoms with Crippen LogP contribution in [0.25, 0.3) is 0 Å². The lowest BCUT2D eigenvalue weighted by Crippen LogP contribution is -2.56. The molecule has 0 amide bonds. The highest BCUT2D eigenvalue weighted by atomic mass is 35.5. The second-order valence-electron chi connectivity index (χ2n) is 5.10. The van der Waals surface area contributed by atoms with E-state index in [0.29, 0.717) is 0 Å². The summed E-state index contributed by atoms with van der Waals surface area (Å²) in [5.41, 5.74) is -0.611. The molecule has 0 spiro atoms. The lowest BCUT2D eigenvalue weighted by molar-refractivity contribution is -0.382. The van der Waals surface area contributed by atoms with Crippen molar-refractivity contribution in [1.82, 2.24) is 4.72 Å². The molecule has 0 fully saturated rings. The van der Waals surface area contributed by atoms with Crippen LogP contribution in [0.5, 0.6) is 0 Å². The van der Waals surface area contributed by atoms with Crippen LogP contribution in [-0.2, 0) is 10.0 Å². The molecule has 0 aliphatic heterocycles. The number of benzene rings is 2. The third-order valence-corrected chi connectivity index (χ3v) is 5.35. The van der Waals surface area contributed by atoms with Gasteiger partial charge in [-0.15, -0.1) is 0 Å². The minimum absolute atomic E-state index is 0. The highest BCUT2D eigenvalue weighted by molar-refractivity contribution is 7.89. The van der Waals surface area contributed by atoms with E-state index in [-0.39, 0.29) is 27.2 Å². The van der Waals surface area contributed by atoms with E-state index in [1.165, 1.54) is 41.6 Å². The molecule has 0 bridgehead atoms. The van der Waals surface area contributed by atoms with Gasteiger partial charge in [-0.3, -0.25) is 14.3 Å². The predicted molar refractivity (Wildman–Crippen MR) is 90.7 cm³/mol. The summed E-state index contributed by atoms with van der Waals surface area (Å²) in [5, 5.41) is 0.988. The maximum absolute atomic E-state index is 12.5. The highest BCUT2D eigenvalue weighted by Crippen LogP contribution is 2.28. The van der Waals surface area contributed by atoms with Crippen LogP contribution in [0.4, 0.5) is 5.69 Å². The Labute approximate surface area is 152 Å². The van der Waals surface area contributed by atoms with Gasteiger partial charge < -0.3 is 5.48 Å². The number of allylic oxidation sites excluding steroid dienone is 2. The Kier molecular flexibility index (Phi) is 5.36. The fraction of sp³-hybridized carbons (Fsp3) is 0. The molecule has 0 saturated heterocycles. The van der Waals surface area contributed by atoms with Crippen molar-refractivity contribution in [3.05, 3.63) is 75.3 Å². The second kappa shape index (κ2) is 7.16. The van der Waals surface area contributed by atoms with Crippen molar-refractivity contribution >= 4 is 38.9 Å². The van der Waals surface area contributed by atoms with Crippen molar-refractivity contribution in [3.8, 4) is 0 Å². The lowest BCUT2D eigenvalue weighted by atomic mass is 9.93. The van der Waals surface area contributed by atoms with Crippen LogP contribution in [0.15, 0.2) is 64.2 Å². The van der Waals surface area contributed by atoms with Crippen LogP contribution in [-0.4, -0.2) is 25.5 Å². The Morgan fingerprint density at radius 3 is 2.04 bits per heavy atom. The van der Waals surface area contributed by atoms with Gasteiger partial charge in [0.15, 0.2) is 4.90 Å². The molecular weight excluding hydrogens is 384 g/mol. The number of carbonyl (C=O) groups excluding carboxylic acids is 2. The van der Waals surface area contributed by atoms with Gasteiger partial charge in [-0.25, -0.2) is 8.42 Å². The van der Waals surface area contributed by atoms with E-state index in [9.17, 15) is 22.9 Å². The Morgan fingerprint density at radius 2 is 1.42 bits per heavy atom. The maximum atomic E-state index is 12.5. The number of hydrogen-bond donors (Lipinski definition) is 2. The first-order valence-corrected chi connectivity index (χ1v) is 8.81. The number of rotatable bonds is 4. The molecule has 0 aromatic heterocycles. The van der Waals surface area contributed by atoms with E-state index in [1.807, 2.05) is 4.72 Å². The number of carbonyl (C=O) groups is 2. The number of nitrogens with one attached hydrogen (secondary N) is 2. The molecule has 8 nitrogen and oxygen atoms in total. The molecule has 0 radical (unpaired) electrons. The number of sulfonamides is 1. The maximum Gasteiger partial charge on any atom is 0.273 e. The lowest BCUT2D eigenvalue weighted by Gasteiger charge is -2.18. The van der Waals surface area contributed by atoms with Crippen LogP contribution in [0, 0.1) is 4.91 Å². The van der Waals surface area contributed by atoms with Gasteiger partial charge in [0.1, 0.15) is 10.7 Å². The van der Waals surface area contributed by atoms with E-state index in [0.717, 1.165) is 0 Å². The molecule has 1 aliphatic rings. The van der Waals surface area contributed by atoms with Gasteiger partial charge in [0.05, 0.1) is 0 Å². The molecule has 3 N–H and O–H groups in total. The van der Waals surface area contributed by atoms with Gasteiger partial charge >= 0.3 is 0 Å². The topological polar surface area (TPSA) is 141 Å². The third-order valence-electron chi connectivity index (χ3n) is 3.59. The zero-order valence-electron chi connectivity index (χ0n) is 12.9. The Bertz CT molecular complexity index is 1060. The summed E-state index contributed by atoms with van der Waals surface area (Å²) < 4.78 is 27.1. The number of hydrogen-bond acceptors (Lipinski definition) is 6. The normalized spacial score (nSPS) is 13.7. The molecule has 2 aromatic carbocycles. The van der Waals surface area contributed by atoms with Gasteiger partial charge in [0, 0.05) is 27.3 Å². The first-order valence-electron chi connectivity index (χ1n) is 6.95. The Balaban J connectivity index is 0.00000243. The molecule has 0 heterocycles. The van der Waals surface area contributed by atoms with Crippen molar-refractivity contribution < 1.29 is 28.7 Å². The number of nitroso groups, excluding NO2 is 1. The molecule has 0 unspecified atom stereocenters. The molecule has 26 heavy (non-hydrogen) atoms. The van der Waals surface area contributed by atoms with Crippen LogP contribution < -0.4 is 9.90 Å². The first kappa shape index (κ1) is 19.4. The zero-order valence-corrected chi connectivity index (χ0v) is 14.5. The van der Waals surface area contributed by atoms with E-state index < -0.39 is 32.3 Å². The van der Waals surface area contributed by atoms with Gasteiger partial charge in [0.2, 0.25) is 11.6 Å². The monoisotopic (exact) mass is 394 g/mol. The van der Waals surface area contributed by atoms with Crippen molar-refractivity contribution in [1.29, 1.82) is 0 Å². The van der Waals surface area contributed by atoms with E-state index in [2.05, 4.69) is 0 Å². The van der Waals surface area contributed by atoms with Crippen LogP contribution in [0.3, 0.4) is 0 Å². The molecule has 0 saturated carbocycles. The number of halogens is 1. The SMILES string of the molecule is O=[NH+]c1ccccc1S(=O)(=O)NC1=C(Cl)C(=O)c2ccccc2C1=O.[OH-]. The van der Waals surface area contributed by atoms with E-state index in [1.54, 1.807) is 12.1 Å². The number of ketones is 2. The molecule has 10 heteroatoms. The largest absolute Gasteiger partial charge is 0.870 e. The summed E-state index contributed by atoms with van der Waals surface area (Å²) in [7, 11) is -4.32. The molecule has 0 atom stereocenters. The van der Waals surface area contributed by atoms with Gasteiger partial charge in [-0.2, -0.15) is 0 Å². The average Bonchev–Trinajstić information content (AvgIpc) is 2.63. The fourth-order valence-electron chi connectivity index (χ4n) is 2.41. The van der Waals surface area contributed by atoms with E-state index >= 15 is 0 Å². The highest BCUT2D eigenvalue weighted by Gasteiger charge is 2.34. The van der Waals surface area contributed by atoms with Crippen LogP contribution in [0.2, 0.25) is 0 Å². The number of para-hydroxylation sites is 1. The van der Waals surface area contributed by atoms with Crippen molar-refractivity contribution in [2.75, 3.05) is 0 Å². The third kappa shape index (κ3) is 3.15. The Hall–Kier alpha value is -2.88. The molecule has 1 aliphatic carbocycles. The van der Waals surface area contributed by atoms with Crippen molar-refractivity contribution in [2.24, 2.45) is 0 Å². The number of Topliss-reactive ketones (excluding diaryl/α,β-unsaturated/α-hetero) is 2. The molecule has 2 aromatic rings. The molecule has 3 rings (SSSR count). The number of fused-ring (bicyclic) bond motifs is 1. The first-order chi connectivity index (χ1) is 11.9. The molecule has 134 valence electrons. The predicted octanol–water partition coefficient (Wildman–Crippen LogP) is 0.796. The van der Waals surface area contributed by atoms with Crippen molar-refractivity contribution in [3.63, 3.8) is 0 Å². The standard InChI is InChI=1S/C16H9ClN2O5S.H2O/c17-13-14(16(21)10-6-2-1-5-9(10)15(13)20)19-25(23,24)12-8-4-3-7-11(12)18-22;/h1-8,19H;1H2. The smallest absolute Gasteiger partial charge is 0.273 e. The summed E-state index contributed by atoms with van der Waals surface area (Å²) in [6.07, 6.45) is 0. The average molecular weight is 395 g/mol. The van der Waals surface area contributed by atoms with Crippen molar-refractivity contribution in [2.45, 2.75) is 4.90 Å². The van der Waals surface area contributed by atoms with Crippen LogP contribution >= 0.6 is 11.6 Å². The summed E-state index contributed by atoms with van der Waals surface area (Å²) in [4.78, 5) is 35.4. The van der Waals surface area contributed by atoms with E-state index in [4.69, 9.17) is 11.6 Å².